The maximum atomic E-state index is 13.3. The molecule has 33 heavy (non-hydrogen) atoms. The van der Waals surface area contributed by atoms with Crippen LogP contribution < -0.4 is 16.4 Å². The second-order valence-corrected chi connectivity index (χ2v) is 9.98. The largest absolute Gasteiger partial charge is 0.396 e. The summed E-state index contributed by atoms with van der Waals surface area (Å²) < 4.78 is 25.5. The lowest BCUT2D eigenvalue weighted by Gasteiger charge is -2.17. The van der Waals surface area contributed by atoms with Gasteiger partial charge in [0.25, 0.3) is 0 Å². The summed E-state index contributed by atoms with van der Waals surface area (Å²) in [5, 5.41) is 14.1. The second kappa shape index (κ2) is 9.12. The van der Waals surface area contributed by atoms with Gasteiger partial charge in [-0.05, 0) is 55.7 Å². The van der Waals surface area contributed by atoms with Crippen molar-refractivity contribution in [3.63, 3.8) is 0 Å². The number of anilines is 2. The number of hydrogen-bond acceptors (Lipinski definition) is 8. The Bertz CT molecular complexity index is 1250. The van der Waals surface area contributed by atoms with Crippen molar-refractivity contribution < 1.29 is 18.3 Å². The van der Waals surface area contributed by atoms with Gasteiger partial charge in [-0.15, -0.1) is 0 Å². The van der Waals surface area contributed by atoms with Crippen LogP contribution in [-0.2, 0) is 14.6 Å². The molecule has 5 N–H and O–H groups in total. The number of aromatic nitrogens is 3. The number of aliphatic hydroxyl groups is 1. The van der Waals surface area contributed by atoms with E-state index < -0.39 is 14.6 Å². The van der Waals surface area contributed by atoms with E-state index in [0.717, 1.165) is 0 Å². The minimum atomic E-state index is -3.68. The summed E-state index contributed by atoms with van der Waals surface area (Å²) in [6.45, 7) is 0.368. The highest BCUT2D eigenvalue weighted by Gasteiger charge is 2.57. The first kappa shape index (κ1) is 22.6. The summed E-state index contributed by atoms with van der Waals surface area (Å²) in [6, 6.07) is 10.9. The van der Waals surface area contributed by atoms with E-state index in [-0.39, 0.29) is 23.4 Å². The Balaban J connectivity index is 1.58. The molecule has 0 atom stereocenters. The van der Waals surface area contributed by atoms with Gasteiger partial charge >= 0.3 is 6.03 Å². The highest BCUT2D eigenvalue weighted by Crippen LogP contribution is 2.54. The zero-order valence-electron chi connectivity index (χ0n) is 17.7. The number of sulfone groups is 1. The molecule has 10 nitrogen and oxygen atoms in total. The number of nitrogen functional groups attached to an aromatic ring is 1. The molecule has 2 heterocycles. The summed E-state index contributed by atoms with van der Waals surface area (Å²) in [5.74, 6) is 0.483. The third kappa shape index (κ3) is 4.64. The monoisotopic (exact) mass is 468 g/mol. The van der Waals surface area contributed by atoms with Gasteiger partial charge < -0.3 is 21.5 Å². The Morgan fingerprint density at radius 2 is 1.79 bits per heavy atom. The smallest absolute Gasteiger partial charge is 0.319 e. The molecule has 11 heteroatoms. The number of amides is 2. The second-order valence-electron chi connectivity index (χ2n) is 7.72. The molecule has 1 saturated carbocycles. The molecule has 2 aromatic heterocycles. The Kier molecular flexibility index (Phi) is 6.25. The Hall–Kier alpha value is -3.57. The summed E-state index contributed by atoms with van der Waals surface area (Å²) in [7, 11) is -3.68. The molecule has 0 aliphatic heterocycles. The number of aliphatic hydroxyl groups excluding tert-OH is 1. The predicted molar refractivity (Wildman–Crippen MR) is 123 cm³/mol. The number of nitrogens with two attached hydrogens (primary N) is 1. The fourth-order valence-electron chi connectivity index (χ4n) is 3.51. The Morgan fingerprint density at radius 1 is 1.09 bits per heavy atom. The molecule has 4 rings (SSSR count). The molecular formula is C22H24N6O4S. The number of benzene rings is 1. The number of urea groups is 1. The number of nitrogens with one attached hydrogen (secondary N) is 2. The van der Waals surface area contributed by atoms with E-state index in [9.17, 15) is 13.2 Å². The fourth-order valence-corrected chi connectivity index (χ4v) is 5.46. The van der Waals surface area contributed by atoms with E-state index in [2.05, 4.69) is 25.6 Å². The standard InChI is InChI=1S/C22H24N6O4S/c23-19-14-18(22(8-9-22)33(31,32)17-6-11-24-12-7-17)27-20(28-19)15-2-4-16(5-3-15)26-21(30)25-10-1-13-29/h2-7,11-12,14,29H,1,8-10,13H2,(H2,23,27,28)(H2,25,26,30). The van der Waals surface area contributed by atoms with E-state index in [1.54, 1.807) is 24.3 Å². The summed E-state index contributed by atoms with van der Waals surface area (Å²) in [4.78, 5) is 24.8. The zero-order chi connectivity index (χ0) is 23.5. The molecule has 2 amide bonds. The van der Waals surface area contributed by atoms with Gasteiger partial charge in [-0.1, -0.05) is 0 Å². The normalized spacial score (nSPS) is 14.5. The van der Waals surface area contributed by atoms with Crippen molar-refractivity contribution in [1.29, 1.82) is 0 Å². The summed E-state index contributed by atoms with van der Waals surface area (Å²) in [5.41, 5.74) is 7.58. The first-order chi connectivity index (χ1) is 15.9. The molecule has 1 fully saturated rings. The van der Waals surface area contributed by atoms with Crippen molar-refractivity contribution >= 4 is 27.4 Å². The molecule has 172 valence electrons. The van der Waals surface area contributed by atoms with E-state index in [0.29, 0.717) is 48.6 Å². The van der Waals surface area contributed by atoms with Gasteiger partial charge in [0.15, 0.2) is 15.7 Å². The van der Waals surface area contributed by atoms with Crippen molar-refractivity contribution in [2.75, 3.05) is 24.2 Å². The third-order valence-corrected chi connectivity index (χ3v) is 7.95. The van der Waals surface area contributed by atoms with E-state index in [1.165, 1.54) is 30.6 Å². The maximum absolute atomic E-state index is 13.3. The van der Waals surface area contributed by atoms with Crippen LogP contribution in [0.15, 0.2) is 59.8 Å². The van der Waals surface area contributed by atoms with Crippen LogP contribution in [-0.4, -0.2) is 47.7 Å². The molecular weight excluding hydrogens is 444 g/mol. The average Bonchev–Trinajstić information content (AvgIpc) is 3.63. The first-order valence-electron chi connectivity index (χ1n) is 10.4. The van der Waals surface area contributed by atoms with E-state index in [4.69, 9.17) is 10.8 Å². The number of rotatable bonds is 8. The van der Waals surface area contributed by atoms with Crippen molar-refractivity contribution in [3.05, 3.63) is 60.6 Å². The van der Waals surface area contributed by atoms with Crippen molar-refractivity contribution in [2.45, 2.75) is 28.9 Å². The molecule has 0 bridgehead atoms. The molecule has 1 aromatic carbocycles. The molecule has 3 aromatic rings. The minimum absolute atomic E-state index is 0.00230. The minimum Gasteiger partial charge on any atom is -0.396 e. The fraction of sp³-hybridized carbons (Fsp3) is 0.273. The molecule has 0 radical (unpaired) electrons. The zero-order valence-corrected chi connectivity index (χ0v) is 18.5. The lowest BCUT2D eigenvalue weighted by Crippen LogP contribution is -2.29. The highest BCUT2D eigenvalue weighted by molar-refractivity contribution is 7.92. The van der Waals surface area contributed by atoms with Crippen molar-refractivity contribution in [3.8, 4) is 11.4 Å². The van der Waals surface area contributed by atoms with Crippen LogP contribution in [0.4, 0.5) is 16.3 Å². The van der Waals surface area contributed by atoms with Gasteiger partial charge in [-0.3, -0.25) is 4.98 Å². The molecule has 0 spiro atoms. The van der Waals surface area contributed by atoms with Crippen LogP contribution in [0.25, 0.3) is 11.4 Å². The lowest BCUT2D eigenvalue weighted by atomic mass is 10.1. The summed E-state index contributed by atoms with van der Waals surface area (Å²) in [6.07, 6.45) is 4.26. The SMILES string of the molecule is Nc1cc(C2(S(=O)(=O)c3ccncc3)CC2)nc(-c2ccc(NC(=O)NCCCO)cc2)n1. The maximum Gasteiger partial charge on any atom is 0.319 e. The van der Waals surface area contributed by atoms with Gasteiger partial charge in [0.2, 0.25) is 0 Å². The molecule has 1 aliphatic carbocycles. The number of carbonyl (C=O) groups is 1. The van der Waals surface area contributed by atoms with Gasteiger partial charge in [0.1, 0.15) is 10.6 Å². The van der Waals surface area contributed by atoms with Crippen LogP contribution >= 0.6 is 0 Å². The van der Waals surface area contributed by atoms with Crippen LogP contribution in [0.3, 0.4) is 0 Å². The predicted octanol–water partition coefficient (Wildman–Crippen LogP) is 2.09. The van der Waals surface area contributed by atoms with Gasteiger partial charge in [0, 0.05) is 42.9 Å². The van der Waals surface area contributed by atoms with Gasteiger partial charge in [-0.2, -0.15) is 0 Å². The van der Waals surface area contributed by atoms with Crippen LogP contribution in [0.1, 0.15) is 25.0 Å². The number of pyridine rings is 1. The average molecular weight is 469 g/mol. The Morgan fingerprint density at radius 3 is 2.42 bits per heavy atom. The first-order valence-corrected chi connectivity index (χ1v) is 11.9. The van der Waals surface area contributed by atoms with Crippen molar-refractivity contribution in [1.82, 2.24) is 20.3 Å². The van der Waals surface area contributed by atoms with Gasteiger partial charge in [0.05, 0.1) is 10.6 Å². The highest BCUT2D eigenvalue weighted by atomic mass is 32.2. The quantitative estimate of drug-likeness (QED) is 0.366. The van der Waals surface area contributed by atoms with Crippen LogP contribution in [0.2, 0.25) is 0 Å². The van der Waals surface area contributed by atoms with Crippen LogP contribution in [0, 0.1) is 0 Å². The lowest BCUT2D eigenvalue weighted by molar-refractivity contribution is 0.249. The summed E-state index contributed by atoms with van der Waals surface area (Å²) >= 11 is 0. The van der Waals surface area contributed by atoms with Gasteiger partial charge in [-0.25, -0.2) is 23.2 Å². The number of nitrogens with zero attached hydrogens (tertiary/aromatic N) is 3. The van der Waals surface area contributed by atoms with E-state index >= 15 is 0 Å². The third-order valence-electron chi connectivity index (χ3n) is 5.41. The molecule has 0 saturated heterocycles. The van der Waals surface area contributed by atoms with Crippen LogP contribution in [0.5, 0.6) is 0 Å². The van der Waals surface area contributed by atoms with Crippen molar-refractivity contribution in [2.24, 2.45) is 0 Å². The topological polar surface area (TPSA) is 160 Å². The Labute approximate surface area is 191 Å². The molecule has 0 unspecified atom stereocenters. The number of carbonyl (C=O) groups excluding carboxylic acids is 1. The number of hydrogen-bond donors (Lipinski definition) is 4. The van der Waals surface area contributed by atoms with E-state index in [1.807, 2.05) is 0 Å². The molecule has 1 aliphatic rings.